The van der Waals surface area contributed by atoms with Crippen molar-refractivity contribution in [2.24, 2.45) is 0 Å². The highest BCUT2D eigenvalue weighted by molar-refractivity contribution is 6.46. The summed E-state index contributed by atoms with van der Waals surface area (Å²) in [5.41, 5.74) is 3.71. The summed E-state index contributed by atoms with van der Waals surface area (Å²) in [5.74, 6) is -0.989. The molecule has 33 heavy (non-hydrogen) atoms. The Morgan fingerprint density at radius 1 is 1.03 bits per heavy atom. The Bertz CT molecular complexity index is 1160. The fraction of sp³-hybridized carbons (Fsp3) is 0.296. The van der Waals surface area contributed by atoms with Gasteiger partial charge in [0, 0.05) is 31.0 Å². The molecule has 1 aliphatic rings. The molecule has 4 rings (SSSR count). The average Bonchev–Trinajstić information content (AvgIpc) is 3.41. The summed E-state index contributed by atoms with van der Waals surface area (Å²) in [7, 11) is 0. The van der Waals surface area contributed by atoms with Gasteiger partial charge in [-0.25, -0.2) is 4.98 Å². The van der Waals surface area contributed by atoms with E-state index in [-0.39, 0.29) is 11.3 Å². The Labute approximate surface area is 194 Å². The number of benzene rings is 2. The van der Waals surface area contributed by atoms with Gasteiger partial charge in [-0.1, -0.05) is 67.9 Å². The molecule has 6 nitrogen and oxygen atoms in total. The summed E-state index contributed by atoms with van der Waals surface area (Å²) >= 11 is 0. The molecule has 1 fully saturated rings. The van der Waals surface area contributed by atoms with E-state index in [4.69, 9.17) is 0 Å². The van der Waals surface area contributed by atoms with Crippen molar-refractivity contribution >= 4 is 17.4 Å². The number of likely N-dealkylation sites (tertiary alicyclic amines) is 1. The lowest BCUT2D eigenvalue weighted by atomic mass is 9.93. The molecule has 3 aromatic rings. The van der Waals surface area contributed by atoms with Crippen molar-refractivity contribution in [1.29, 1.82) is 0 Å². The molecular formula is C27H29N3O3. The number of aliphatic hydroxyl groups is 1. The van der Waals surface area contributed by atoms with Crippen LogP contribution in [0.1, 0.15) is 54.5 Å². The zero-order valence-corrected chi connectivity index (χ0v) is 19.2. The predicted molar refractivity (Wildman–Crippen MR) is 128 cm³/mol. The molecule has 0 unspecified atom stereocenters. The van der Waals surface area contributed by atoms with Crippen LogP contribution in [-0.4, -0.2) is 37.8 Å². The number of hydrogen-bond donors (Lipinski definition) is 1. The summed E-state index contributed by atoms with van der Waals surface area (Å²) in [5, 5.41) is 11.1. The maximum atomic E-state index is 13.1. The van der Waals surface area contributed by atoms with Crippen LogP contribution < -0.4 is 0 Å². The number of hydrogen-bond acceptors (Lipinski definition) is 4. The third kappa shape index (κ3) is 4.60. The number of Topliss-reactive ketones (excluding diaryl/α,β-unsaturated/α-hetero) is 1. The number of aryl methyl sites for hydroxylation is 2. The molecule has 1 N–H and O–H groups in total. The molecular weight excluding hydrogens is 414 g/mol. The van der Waals surface area contributed by atoms with Gasteiger partial charge >= 0.3 is 0 Å². The molecule has 0 spiro atoms. The van der Waals surface area contributed by atoms with Gasteiger partial charge in [0.15, 0.2) is 0 Å². The Balaban J connectivity index is 1.73. The number of rotatable bonds is 7. The van der Waals surface area contributed by atoms with E-state index >= 15 is 0 Å². The first-order chi connectivity index (χ1) is 15.9. The highest BCUT2D eigenvalue weighted by atomic mass is 16.3. The number of carbonyl (C=O) groups is 2. The first-order valence-electron chi connectivity index (χ1n) is 11.3. The van der Waals surface area contributed by atoms with Crippen molar-refractivity contribution in [2.45, 2.75) is 45.7 Å². The standard InChI is InChI=1S/C27H29N3O3/c1-18(2)20-9-11-21(12-10-20)24-23(25(31)22-7-5-19(3)6-8-22)26(32)27(33)30(24)15-4-14-29-16-13-28-17-29/h5-13,16-18,24,31H,4,14-15H2,1-3H3/b25-23+/t24-/m1/s1. The van der Waals surface area contributed by atoms with Crippen LogP contribution in [-0.2, 0) is 16.1 Å². The fourth-order valence-corrected chi connectivity index (χ4v) is 4.23. The van der Waals surface area contributed by atoms with E-state index in [1.165, 1.54) is 5.56 Å². The van der Waals surface area contributed by atoms with Crippen LogP contribution >= 0.6 is 0 Å². The van der Waals surface area contributed by atoms with Gasteiger partial charge in [0.2, 0.25) is 0 Å². The number of nitrogens with zero attached hydrogens (tertiary/aromatic N) is 3. The second kappa shape index (κ2) is 9.45. The van der Waals surface area contributed by atoms with Gasteiger partial charge in [-0.15, -0.1) is 0 Å². The minimum atomic E-state index is -0.645. The van der Waals surface area contributed by atoms with Crippen LogP contribution in [0.3, 0.4) is 0 Å². The maximum absolute atomic E-state index is 13.1. The molecule has 0 radical (unpaired) electrons. The van der Waals surface area contributed by atoms with Gasteiger partial charge in [0.25, 0.3) is 11.7 Å². The molecule has 1 aromatic heterocycles. The van der Waals surface area contributed by atoms with Crippen molar-refractivity contribution in [1.82, 2.24) is 14.5 Å². The third-order valence-corrected chi connectivity index (χ3v) is 6.16. The normalized spacial score (nSPS) is 17.8. The molecule has 1 saturated heterocycles. The lowest BCUT2D eigenvalue weighted by Gasteiger charge is -2.25. The quantitative estimate of drug-likeness (QED) is 0.322. The highest BCUT2D eigenvalue weighted by Gasteiger charge is 2.45. The van der Waals surface area contributed by atoms with Crippen molar-refractivity contribution in [3.63, 3.8) is 0 Å². The largest absolute Gasteiger partial charge is 0.507 e. The van der Waals surface area contributed by atoms with Crippen molar-refractivity contribution in [3.8, 4) is 0 Å². The fourth-order valence-electron chi connectivity index (χ4n) is 4.23. The lowest BCUT2D eigenvalue weighted by Crippen LogP contribution is -2.31. The summed E-state index contributed by atoms with van der Waals surface area (Å²) in [6, 6.07) is 14.6. The zero-order valence-electron chi connectivity index (χ0n) is 19.2. The predicted octanol–water partition coefficient (Wildman–Crippen LogP) is 4.83. The van der Waals surface area contributed by atoms with Gasteiger partial charge in [0.1, 0.15) is 5.76 Å². The Kier molecular flexibility index (Phi) is 6.45. The smallest absolute Gasteiger partial charge is 0.295 e. The number of imidazole rings is 1. The van der Waals surface area contributed by atoms with Crippen LogP contribution in [0.5, 0.6) is 0 Å². The number of aromatic nitrogens is 2. The monoisotopic (exact) mass is 443 g/mol. The molecule has 170 valence electrons. The van der Waals surface area contributed by atoms with Crippen LogP contribution in [0.4, 0.5) is 0 Å². The van der Waals surface area contributed by atoms with E-state index in [1.54, 1.807) is 29.6 Å². The number of ketones is 1. The first kappa shape index (κ1) is 22.5. The molecule has 0 saturated carbocycles. The first-order valence-corrected chi connectivity index (χ1v) is 11.3. The van der Waals surface area contributed by atoms with E-state index in [9.17, 15) is 14.7 Å². The average molecular weight is 444 g/mol. The summed E-state index contributed by atoms with van der Waals surface area (Å²) in [4.78, 5) is 31.8. The van der Waals surface area contributed by atoms with Gasteiger partial charge in [-0.05, 0) is 30.4 Å². The molecule has 2 heterocycles. The second-order valence-electron chi connectivity index (χ2n) is 8.83. The number of aliphatic hydroxyl groups excluding tert-OH is 1. The molecule has 1 amide bonds. The van der Waals surface area contributed by atoms with Gasteiger partial charge in [-0.2, -0.15) is 0 Å². The second-order valence-corrected chi connectivity index (χ2v) is 8.83. The van der Waals surface area contributed by atoms with Gasteiger partial charge < -0.3 is 14.6 Å². The van der Waals surface area contributed by atoms with Crippen LogP contribution in [0.2, 0.25) is 0 Å². The minimum absolute atomic E-state index is 0.136. The van der Waals surface area contributed by atoms with Crippen molar-refractivity contribution < 1.29 is 14.7 Å². The van der Waals surface area contributed by atoms with Crippen molar-refractivity contribution in [3.05, 3.63) is 95.1 Å². The van der Waals surface area contributed by atoms with Crippen molar-refractivity contribution in [2.75, 3.05) is 6.54 Å². The molecule has 1 aliphatic heterocycles. The van der Waals surface area contributed by atoms with E-state index < -0.39 is 17.7 Å². The Morgan fingerprint density at radius 3 is 2.33 bits per heavy atom. The highest BCUT2D eigenvalue weighted by Crippen LogP contribution is 2.39. The van der Waals surface area contributed by atoms with E-state index in [0.29, 0.717) is 31.0 Å². The zero-order chi connectivity index (χ0) is 23.5. The maximum Gasteiger partial charge on any atom is 0.295 e. The Morgan fingerprint density at radius 2 is 1.73 bits per heavy atom. The SMILES string of the molecule is Cc1ccc(/C(O)=C2\C(=O)C(=O)N(CCCn3ccnc3)[C@@H]2c2ccc(C(C)C)cc2)cc1. The molecule has 2 aromatic carbocycles. The van der Waals surface area contributed by atoms with Crippen LogP contribution in [0.25, 0.3) is 5.76 Å². The van der Waals surface area contributed by atoms with Crippen LogP contribution in [0.15, 0.2) is 72.8 Å². The van der Waals surface area contributed by atoms with E-state index in [2.05, 4.69) is 18.8 Å². The third-order valence-electron chi connectivity index (χ3n) is 6.16. The minimum Gasteiger partial charge on any atom is -0.507 e. The molecule has 1 atom stereocenters. The van der Waals surface area contributed by atoms with Gasteiger partial charge in [0.05, 0.1) is 17.9 Å². The van der Waals surface area contributed by atoms with E-state index in [0.717, 1.165) is 11.1 Å². The van der Waals surface area contributed by atoms with Crippen LogP contribution in [0, 0.1) is 6.92 Å². The molecule has 0 aliphatic carbocycles. The summed E-state index contributed by atoms with van der Waals surface area (Å²) in [6.07, 6.45) is 5.97. The molecule has 0 bridgehead atoms. The lowest BCUT2D eigenvalue weighted by molar-refractivity contribution is -0.139. The topological polar surface area (TPSA) is 75.4 Å². The summed E-state index contributed by atoms with van der Waals surface area (Å²) < 4.78 is 1.94. The molecule has 6 heteroatoms. The summed E-state index contributed by atoms with van der Waals surface area (Å²) in [6.45, 7) is 7.27. The Hall–Kier alpha value is -3.67. The van der Waals surface area contributed by atoms with Gasteiger partial charge in [-0.3, -0.25) is 9.59 Å². The number of carbonyl (C=O) groups excluding carboxylic acids is 2. The number of amides is 1. The van der Waals surface area contributed by atoms with E-state index in [1.807, 2.05) is 54.1 Å².